The lowest BCUT2D eigenvalue weighted by atomic mass is 10.2. The fourth-order valence-corrected chi connectivity index (χ4v) is 5.22. The first-order valence-corrected chi connectivity index (χ1v) is 10.3. The monoisotopic (exact) mass is 376 g/mol. The fourth-order valence-electron chi connectivity index (χ4n) is 2.98. The molecule has 1 aromatic carbocycles. The van der Waals surface area contributed by atoms with Gasteiger partial charge in [0.2, 0.25) is 15.9 Å². The molecule has 25 heavy (non-hydrogen) atoms. The number of hydrogen-bond donors (Lipinski definition) is 0. The molecule has 1 aromatic heterocycles. The molecular formula is C18H20N2O3S2. The number of rotatable bonds is 6. The van der Waals surface area contributed by atoms with Crippen LogP contribution in [0.15, 0.2) is 53.3 Å². The van der Waals surface area contributed by atoms with E-state index in [0.29, 0.717) is 19.5 Å². The minimum absolute atomic E-state index is 0.0275. The Balaban J connectivity index is 1.93. The second kappa shape index (κ2) is 7.11. The molecule has 2 heterocycles. The van der Waals surface area contributed by atoms with Gasteiger partial charge in [0.1, 0.15) is 0 Å². The summed E-state index contributed by atoms with van der Waals surface area (Å²) >= 11 is 1.53. The van der Waals surface area contributed by atoms with Crippen molar-refractivity contribution in [2.45, 2.75) is 24.8 Å². The Morgan fingerprint density at radius 3 is 2.84 bits per heavy atom. The van der Waals surface area contributed by atoms with Crippen molar-refractivity contribution in [1.29, 1.82) is 0 Å². The van der Waals surface area contributed by atoms with E-state index in [4.69, 9.17) is 0 Å². The van der Waals surface area contributed by atoms with Crippen LogP contribution in [-0.2, 0) is 27.8 Å². The first kappa shape index (κ1) is 17.8. The van der Waals surface area contributed by atoms with Crippen LogP contribution in [-0.4, -0.2) is 31.7 Å². The maximum atomic E-state index is 13.1. The molecule has 1 aliphatic heterocycles. The topological polar surface area (TPSA) is 57.7 Å². The summed E-state index contributed by atoms with van der Waals surface area (Å²) in [6.07, 6.45) is 2.26. The molecule has 5 nitrogen and oxygen atoms in total. The number of carbonyl (C=O) groups is 1. The smallest absolute Gasteiger partial charge is 0.243 e. The Labute approximate surface area is 152 Å². The van der Waals surface area contributed by atoms with Crippen molar-refractivity contribution < 1.29 is 13.2 Å². The third kappa shape index (κ3) is 3.53. The molecule has 0 fully saturated rings. The van der Waals surface area contributed by atoms with Crippen molar-refractivity contribution in [2.75, 3.05) is 18.0 Å². The van der Waals surface area contributed by atoms with Crippen LogP contribution in [0.5, 0.6) is 0 Å². The number of hydrogen-bond acceptors (Lipinski definition) is 4. The Kier molecular flexibility index (Phi) is 5.08. The maximum Gasteiger partial charge on any atom is 0.243 e. The third-order valence-corrected chi connectivity index (χ3v) is 6.88. The summed E-state index contributed by atoms with van der Waals surface area (Å²) in [6.45, 7) is 6.36. The van der Waals surface area contributed by atoms with Gasteiger partial charge in [0, 0.05) is 37.1 Å². The van der Waals surface area contributed by atoms with Gasteiger partial charge in [-0.3, -0.25) is 4.79 Å². The van der Waals surface area contributed by atoms with Crippen LogP contribution in [0.2, 0.25) is 0 Å². The highest BCUT2D eigenvalue weighted by Crippen LogP contribution is 2.31. The zero-order chi connectivity index (χ0) is 18.0. The summed E-state index contributed by atoms with van der Waals surface area (Å²) in [5.74, 6) is -0.0275. The molecular weight excluding hydrogens is 356 g/mol. The predicted molar refractivity (Wildman–Crippen MR) is 100 cm³/mol. The average molecular weight is 377 g/mol. The molecule has 0 spiro atoms. The number of anilines is 1. The Morgan fingerprint density at radius 1 is 1.40 bits per heavy atom. The van der Waals surface area contributed by atoms with Gasteiger partial charge in [-0.1, -0.05) is 12.1 Å². The van der Waals surface area contributed by atoms with Crippen molar-refractivity contribution in [3.05, 3.63) is 58.8 Å². The SMILES string of the molecule is C=CCN(Cc1cccs1)S(=O)(=O)c1ccc2c(c1)CCN2C(C)=O. The molecule has 1 amide bonds. The van der Waals surface area contributed by atoms with Crippen LogP contribution in [0.1, 0.15) is 17.4 Å². The molecule has 0 saturated heterocycles. The maximum absolute atomic E-state index is 13.1. The second-order valence-corrected chi connectivity index (χ2v) is 8.85. The lowest BCUT2D eigenvalue weighted by Crippen LogP contribution is -2.30. The van der Waals surface area contributed by atoms with Crippen LogP contribution in [0.25, 0.3) is 0 Å². The Bertz CT molecular complexity index is 889. The summed E-state index contributed by atoms with van der Waals surface area (Å²) < 4.78 is 27.6. The van der Waals surface area contributed by atoms with Crippen molar-refractivity contribution >= 4 is 33.0 Å². The largest absolute Gasteiger partial charge is 0.312 e. The lowest BCUT2D eigenvalue weighted by Gasteiger charge is -2.21. The van der Waals surface area contributed by atoms with E-state index in [1.165, 1.54) is 22.6 Å². The van der Waals surface area contributed by atoms with Crippen LogP contribution in [0.3, 0.4) is 0 Å². The standard InChI is InChI=1S/C18H20N2O3S2/c1-3-9-19(13-16-5-4-11-24-16)25(22,23)17-6-7-18-15(12-17)8-10-20(18)14(2)21/h3-7,11-12H,1,8-10,13H2,2H3. The van der Waals surface area contributed by atoms with Crippen molar-refractivity contribution in [2.24, 2.45) is 0 Å². The Morgan fingerprint density at radius 2 is 2.20 bits per heavy atom. The van der Waals surface area contributed by atoms with Crippen molar-refractivity contribution in [3.63, 3.8) is 0 Å². The molecule has 0 unspecified atom stereocenters. The van der Waals surface area contributed by atoms with E-state index in [2.05, 4.69) is 6.58 Å². The quantitative estimate of drug-likeness (QED) is 0.728. The minimum atomic E-state index is -3.63. The molecule has 132 valence electrons. The van der Waals surface area contributed by atoms with Gasteiger partial charge in [-0.05, 0) is 41.6 Å². The van der Waals surface area contributed by atoms with Gasteiger partial charge in [-0.2, -0.15) is 4.31 Å². The zero-order valence-electron chi connectivity index (χ0n) is 14.0. The van der Waals surface area contributed by atoms with Crippen LogP contribution < -0.4 is 4.90 Å². The molecule has 0 bridgehead atoms. The number of carbonyl (C=O) groups excluding carboxylic acids is 1. The predicted octanol–water partition coefficient (Wildman–Crippen LogP) is 3.03. The summed E-state index contributed by atoms with van der Waals surface area (Å²) in [6, 6.07) is 8.83. The number of fused-ring (bicyclic) bond motifs is 1. The second-order valence-electron chi connectivity index (χ2n) is 5.88. The summed E-state index contributed by atoms with van der Waals surface area (Å²) in [4.78, 5) is 14.6. The van der Waals surface area contributed by atoms with Crippen molar-refractivity contribution in [1.82, 2.24) is 4.31 Å². The van der Waals surface area contributed by atoms with Crippen LogP contribution in [0, 0.1) is 0 Å². The first-order chi connectivity index (χ1) is 11.9. The number of amides is 1. The fraction of sp³-hybridized carbons (Fsp3) is 0.278. The minimum Gasteiger partial charge on any atom is -0.312 e. The highest BCUT2D eigenvalue weighted by molar-refractivity contribution is 7.89. The van der Waals surface area contributed by atoms with E-state index >= 15 is 0 Å². The number of thiophene rings is 1. The number of nitrogens with zero attached hydrogens (tertiary/aromatic N) is 2. The van der Waals surface area contributed by atoms with Gasteiger partial charge >= 0.3 is 0 Å². The van der Waals surface area contributed by atoms with E-state index in [0.717, 1.165) is 16.1 Å². The first-order valence-electron chi connectivity index (χ1n) is 7.98. The van der Waals surface area contributed by atoms with Gasteiger partial charge in [0.25, 0.3) is 0 Å². The van der Waals surface area contributed by atoms with E-state index in [9.17, 15) is 13.2 Å². The summed E-state index contributed by atoms with van der Waals surface area (Å²) in [7, 11) is -3.63. The molecule has 0 atom stereocenters. The van der Waals surface area contributed by atoms with Gasteiger partial charge in [0.15, 0.2) is 0 Å². The zero-order valence-corrected chi connectivity index (χ0v) is 15.6. The van der Waals surface area contributed by atoms with E-state index in [1.807, 2.05) is 17.5 Å². The van der Waals surface area contributed by atoms with Gasteiger partial charge in [-0.15, -0.1) is 17.9 Å². The van der Waals surface area contributed by atoms with E-state index < -0.39 is 10.0 Å². The molecule has 0 saturated carbocycles. The van der Waals surface area contributed by atoms with Crippen LogP contribution >= 0.6 is 11.3 Å². The van der Waals surface area contributed by atoms with E-state index in [1.54, 1.807) is 29.2 Å². The molecule has 1 aliphatic rings. The Hall–Kier alpha value is -1.96. The number of benzene rings is 1. The van der Waals surface area contributed by atoms with Gasteiger partial charge in [0.05, 0.1) is 4.90 Å². The average Bonchev–Trinajstić information content (AvgIpc) is 3.22. The molecule has 3 rings (SSSR count). The molecule has 0 N–H and O–H groups in total. The summed E-state index contributed by atoms with van der Waals surface area (Å²) in [5, 5.41) is 1.93. The highest BCUT2D eigenvalue weighted by Gasteiger charge is 2.28. The van der Waals surface area contributed by atoms with Crippen molar-refractivity contribution in [3.8, 4) is 0 Å². The van der Waals surface area contributed by atoms with E-state index in [-0.39, 0.29) is 17.3 Å². The third-order valence-electron chi connectivity index (χ3n) is 4.21. The summed E-state index contributed by atoms with van der Waals surface area (Å²) in [5.41, 5.74) is 1.70. The lowest BCUT2D eigenvalue weighted by molar-refractivity contribution is -0.116. The number of sulfonamides is 1. The van der Waals surface area contributed by atoms with Crippen LogP contribution in [0.4, 0.5) is 5.69 Å². The molecule has 2 aromatic rings. The van der Waals surface area contributed by atoms with Gasteiger partial charge in [-0.25, -0.2) is 8.42 Å². The normalized spacial score (nSPS) is 13.9. The van der Waals surface area contributed by atoms with Gasteiger partial charge < -0.3 is 4.90 Å². The highest BCUT2D eigenvalue weighted by atomic mass is 32.2. The molecule has 7 heteroatoms. The molecule has 0 aliphatic carbocycles. The molecule has 0 radical (unpaired) electrons.